The highest BCUT2D eigenvalue weighted by Gasteiger charge is 2.32. The van der Waals surface area contributed by atoms with Gasteiger partial charge < -0.3 is 30.0 Å². The van der Waals surface area contributed by atoms with Crippen LogP contribution in [0.4, 0.5) is 5.69 Å². The van der Waals surface area contributed by atoms with Crippen LogP contribution in [0.25, 0.3) is 22.4 Å². The molecule has 2 fully saturated rings. The smallest absolute Gasteiger partial charge is 0.296 e. The number of hydrogen-bond acceptors (Lipinski definition) is 7. The number of morpholine rings is 1. The number of amides is 2. The van der Waals surface area contributed by atoms with Crippen LogP contribution in [0.15, 0.2) is 30.3 Å². The minimum Gasteiger partial charge on any atom is -0.452 e. The molecule has 4 heterocycles. The summed E-state index contributed by atoms with van der Waals surface area (Å²) in [6.45, 7) is 5.62. The fraction of sp³-hybridized carbons (Fsp3) is 0.417. The van der Waals surface area contributed by atoms with Gasteiger partial charge in [0.25, 0.3) is 11.9 Å². The van der Waals surface area contributed by atoms with Gasteiger partial charge in [0.2, 0.25) is 5.91 Å². The number of rotatable bonds is 6. The van der Waals surface area contributed by atoms with E-state index in [1.165, 1.54) is 0 Å². The third-order valence-corrected chi connectivity index (χ3v) is 6.75. The number of ether oxygens (including phenoxy) is 2. The third kappa shape index (κ3) is 4.89. The quantitative estimate of drug-likeness (QED) is 0.533. The number of nitrogens with one attached hydrogen (secondary N) is 1. The summed E-state index contributed by atoms with van der Waals surface area (Å²) in [4.78, 5) is 40.1. The zero-order chi connectivity index (χ0) is 24.5. The van der Waals surface area contributed by atoms with Gasteiger partial charge in [0, 0.05) is 37.4 Å². The number of benzene rings is 1. The van der Waals surface area contributed by atoms with Crippen LogP contribution in [0.2, 0.25) is 5.02 Å². The maximum absolute atomic E-state index is 12.7. The van der Waals surface area contributed by atoms with Crippen LogP contribution in [0, 0.1) is 5.92 Å². The van der Waals surface area contributed by atoms with Gasteiger partial charge in [0.1, 0.15) is 0 Å². The van der Waals surface area contributed by atoms with E-state index in [2.05, 4.69) is 32.0 Å². The van der Waals surface area contributed by atoms with E-state index in [9.17, 15) is 9.59 Å². The van der Waals surface area contributed by atoms with Crippen LogP contribution in [0.3, 0.4) is 0 Å². The second kappa shape index (κ2) is 9.71. The Morgan fingerprint density at radius 1 is 1.20 bits per heavy atom. The molecule has 35 heavy (non-hydrogen) atoms. The monoisotopic (exact) mass is 498 g/mol. The first-order chi connectivity index (χ1) is 16.9. The number of imidazole rings is 1. The largest absolute Gasteiger partial charge is 0.452 e. The summed E-state index contributed by atoms with van der Waals surface area (Å²) >= 11 is 6.54. The Morgan fingerprint density at radius 2 is 1.94 bits per heavy atom. The lowest BCUT2D eigenvalue weighted by molar-refractivity contribution is -0.137. The molecule has 3 N–H and O–H groups in total. The lowest BCUT2D eigenvalue weighted by atomic mass is 10.1. The molecule has 2 aliphatic rings. The minimum absolute atomic E-state index is 0.176. The average Bonchev–Trinajstić information content (AvgIpc) is 3.51. The van der Waals surface area contributed by atoms with Crippen molar-refractivity contribution in [3.8, 4) is 17.3 Å². The summed E-state index contributed by atoms with van der Waals surface area (Å²) in [7, 11) is 0. The van der Waals surface area contributed by atoms with E-state index in [1.807, 2.05) is 12.1 Å². The molecular formula is C24H27ClN6O4. The maximum Gasteiger partial charge on any atom is 0.296 e. The number of aromatic nitrogens is 3. The van der Waals surface area contributed by atoms with Crippen molar-refractivity contribution in [1.82, 2.24) is 19.9 Å². The maximum atomic E-state index is 12.7. The van der Waals surface area contributed by atoms with Gasteiger partial charge in [0.05, 0.1) is 35.4 Å². The van der Waals surface area contributed by atoms with Crippen molar-refractivity contribution in [2.24, 2.45) is 11.7 Å². The number of halogens is 1. The van der Waals surface area contributed by atoms with Crippen LogP contribution in [-0.2, 0) is 14.3 Å². The number of pyridine rings is 1. The standard InChI is InChI=1S/C24H27ClN6O4/c1-14(23(33)31-7-6-16(13-31)21(26)32)35-24-27-19-12-18(25)20(28-22(19)29-24)15-2-4-17(5-3-15)30-8-10-34-11-9-30/h2-5,12,14,16H,6-11,13H2,1H3,(H2,26,32)(H,27,28,29)/t14-,16?/m0/s1. The predicted octanol–water partition coefficient (Wildman–Crippen LogP) is 2.22. The van der Waals surface area contributed by atoms with E-state index in [-0.39, 0.29) is 23.7 Å². The first-order valence-corrected chi connectivity index (χ1v) is 12.0. The average molecular weight is 499 g/mol. The van der Waals surface area contributed by atoms with Crippen molar-refractivity contribution in [3.05, 3.63) is 35.4 Å². The molecule has 0 spiro atoms. The normalized spacial score (nSPS) is 19.2. The number of carbonyl (C=O) groups is 2. The molecule has 2 amide bonds. The van der Waals surface area contributed by atoms with Gasteiger partial charge in [0.15, 0.2) is 11.8 Å². The van der Waals surface area contributed by atoms with Gasteiger partial charge in [-0.15, -0.1) is 0 Å². The molecule has 184 valence electrons. The highest BCUT2D eigenvalue weighted by atomic mass is 35.5. The van der Waals surface area contributed by atoms with Crippen molar-refractivity contribution in [3.63, 3.8) is 0 Å². The number of carbonyl (C=O) groups excluding carboxylic acids is 2. The number of H-pyrrole nitrogens is 1. The predicted molar refractivity (Wildman–Crippen MR) is 131 cm³/mol. The molecule has 2 saturated heterocycles. The summed E-state index contributed by atoms with van der Waals surface area (Å²) in [5, 5.41) is 0.477. The number of anilines is 1. The summed E-state index contributed by atoms with van der Waals surface area (Å²) in [5.74, 6) is -0.924. The van der Waals surface area contributed by atoms with Gasteiger partial charge in [-0.1, -0.05) is 23.7 Å². The molecule has 3 aromatic rings. The Morgan fingerprint density at radius 3 is 2.63 bits per heavy atom. The Balaban J connectivity index is 1.30. The topological polar surface area (TPSA) is 127 Å². The highest BCUT2D eigenvalue weighted by molar-refractivity contribution is 6.33. The van der Waals surface area contributed by atoms with Crippen molar-refractivity contribution < 1.29 is 19.1 Å². The van der Waals surface area contributed by atoms with Crippen LogP contribution in [0.1, 0.15) is 13.3 Å². The molecule has 1 aromatic carbocycles. The van der Waals surface area contributed by atoms with Gasteiger partial charge in [-0.25, -0.2) is 4.98 Å². The summed E-state index contributed by atoms with van der Waals surface area (Å²) in [6.07, 6.45) is -0.221. The first-order valence-electron chi connectivity index (χ1n) is 11.6. The Kier molecular flexibility index (Phi) is 6.48. The summed E-state index contributed by atoms with van der Waals surface area (Å²) in [5.41, 5.74) is 9.02. The summed E-state index contributed by atoms with van der Waals surface area (Å²) < 4.78 is 11.2. The first kappa shape index (κ1) is 23.4. The lowest BCUT2D eigenvalue weighted by Crippen LogP contribution is -2.40. The second-order valence-electron chi connectivity index (χ2n) is 8.81. The third-order valence-electron chi connectivity index (χ3n) is 6.46. The molecular weight excluding hydrogens is 472 g/mol. The van der Waals surface area contributed by atoms with E-state index in [1.54, 1.807) is 17.9 Å². The number of nitrogens with zero attached hydrogens (tertiary/aromatic N) is 4. The highest BCUT2D eigenvalue weighted by Crippen LogP contribution is 2.31. The molecule has 0 saturated carbocycles. The number of aromatic amines is 1. The number of fused-ring (bicyclic) bond motifs is 1. The van der Waals surface area contributed by atoms with Crippen LogP contribution >= 0.6 is 11.6 Å². The molecule has 0 bridgehead atoms. The zero-order valence-corrected chi connectivity index (χ0v) is 20.1. The molecule has 11 heteroatoms. The van der Waals surface area contributed by atoms with Crippen molar-refractivity contribution >= 4 is 40.3 Å². The SMILES string of the molecule is C[C@H](Oc1nc2nc(-c3ccc(N4CCOCC4)cc3)c(Cl)cc2[nH]1)C(=O)N1CCC(C(N)=O)C1. The number of nitrogens with two attached hydrogens (primary N) is 1. The Hall–Kier alpha value is -3.37. The van der Waals surface area contributed by atoms with Gasteiger partial charge >= 0.3 is 0 Å². The second-order valence-corrected chi connectivity index (χ2v) is 9.22. The molecule has 2 atom stereocenters. The number of hydrogen-bond donors (Lipinski definition) is 2. The van der Waals surface area contributed by atoms with E-state index >= 15 is 0 Å². The number of primary amides is 1. The molecule has 0 aliphatic carbocycles. The van der Waals surface area contributed by atoms with Gasteiger partial charge in [-0.05, 0) is 31.5 Å². The molecule has 2 aromatic heterocycles. The molecule has 10 nitrogen and oxygen atoms in total. The molecule has 1 unspecified atom stereocenters. The van der Waals surface area contributed by atoms with Gasteiger partial charge in [-0.3, -0.25) is 9.59 Å². The fourth-order valence-corrected chi connectivity index (χ4v) is 4.73. The molecule has 2 aliphatic heterocycles. The Bertz CT molecular complexity index is 1240. The number of likely N-dealkylation sites (tertiary alicyclic amines) is 1. The van der Waals surface area contributed by atoms with Crippen molar-refractivity contribution in [2.75, 3.05) is 44.3 Å². The van der Waals surface area contributed by atoms with Crippen LogP contribution in [0.5, 0.6) is 6.01 Å². The Labute approximate surface area is 207 Å². The van der Waals surface area contributed by atoms with Crippen molar-refractivity contribution in [1.29, 1.82) is 0 Å². The molecule has 0 radical (unpaired) electrons. The van der Waals surface area contributed by atoms with E-state index in [0.717, 1.165) is 37.6 Å². The van der Waals surface area contributed by atoms with E-state index in [4.69, 9.17) is 26.8 Å². The van der Waals surface area contributed by atoms with E-state index < -0.39 is 6.10 Å². The fourth-order valence-electron chi connectivity index (χ4n) is 4.47. The summed E-state index contributed by atoms with van der Waals surface area (Å²) in [6, 6.07) is 10.0. The lowest BCUT2D eigenvalue weighted by Gasteiger charge is -2.28. The van der Waals surface area contributed by atoms with Crippen LogP contribution < -0.4 is 15.4 Å². The zero-order valence-electron chi connectivity index (χ0n) is 19.4. The van der Waals surface area contributed by atoms with E-state index in [0.29, 0.717) is 41.4 Å². The van der Waals surface area contributed by atoms with Crippen molar-refractivity contribution in [2.45, 2.75) is 19.4 Å². The van der Waals surface area contributed by atoms with Crippen LogP contribution in [-0.4, -0.2) is 77.2 Å². The van der Waals surface area contributed by atoms with Gasteiger partial charge in [-0.2, -0.15) is 4.98 Å². The molecule has 5 rings (SSSR count). The minimum atomic E-state index is -0.787.